The van der Waals surface area contributed by atoms with Crippen LogP contribution in [0.2, 0.25) is 10.0 Å². The maximum atomic E-state index is 12.3. The minimum atomic E-state index is -0.240. The molecule has 0 saturated carbocycles. The first-order chi connectivity index (χ1) is 12.6. The number of nitrogens with one attached hydrogen (secondary N) is 3. The van der Waals surface area contributed by atoms with E-state index in [1.807, 2.05) is 6.07 Å². The summed E-state index contributed by atoms with van der Waals surface area (Å²) in [5.74, 6) is 0.591. The van der Waals surface area contributed by atoms with Gasteiger partial charge in [0.15, 0.2) is 5.82 Å². The van der Waals surface area contributed by atoms with Gasteiger partial charge in [-0.1, -0.05) is 41.4 Å². The number of hydrogen-bond acceptors (Lipinski definition) is 5. The molecule has 0 bridgehead atoms. The molecule has 26 heavy (non-hydrogen) atoms. The van der Waals surface area contributed by atoms with Crippen LogP contribution in [0.15, 0.2) is 54.7 Å². The number of carbonyl (C=O) groups is 1. The van der Waals surface area contributed by atoms with Gasteiger partial charge in [-0.05, 0) is 30.3 Å². The lowest BCUT2D eigenvalue weighted by Gasteiger charge is -2.12. The summed E-state index contributed by atoms with van der Waals surface area (Å²) in [7, 11) is 1.71. The van der Waals surface area contributed by atoms with E-state index in [4.69, 9.17) is 23.2 Å². The van der Waals surface area contributed by atoms with Crippen LogP contribution in [-0.4, -0.2) is 22.9 Å². The highest BCUT2D eigenvalue weighted by molar-refractivity contribution is 6.42. The number of anilines is 4. The third-order valence-corrected chi connectivity index (χ3v) is 4.22. The van der Waals surface area contributed by atoms with Crippen molar-refractivity contribution in [2.45, 2.75) is 0 Å². The minimum absolute atomic E-state index is 0.240. The number of halogens is 2. The minimum Gasteiger partial charge on any atom is -0.371 e. The molecule has 0 saturated heterocycles. The van der Waals surface area contributed by atoms with Gasteiger partial charge in [-0.3, -0.25) is 4.79 Å². The zero-order valence-electron chi connectivity index (χ0n) is 13.8. The Morgan fingerprint density at radius 2 is 1.81 bits per heavy atom. The third-order valence-electron chi connectivity index (χ3n) is 3.49. The van der Waals surface area contributed by atoms with Crippen molar-refractivity contribution in [2.75, 3.05) is 23.0 Å². The maximum Gasteiger partial charge on any atom is 0.255 e. The molecule has 0 atom stereocenters. The molecule has 0 unspecified atom stereocenters. The average Bonchev–Trinajstić information content (AvgIpc) is 2.66. The van der Waals surface area contributed by atoms with Crippen molar-refractivity contribution in [3.05, 3.63) is 70.3 Å². The van der Waals surface area contributed by atoms with Crippen molar-refractivity contribution in [1.82, 2.24) is 9.97 Å². The molecule has 132 valence electrons. The lowest BCUT2D eigenvalue weighted by Crippen LogP contribution is -2.14. The molecule has 6 nitrogen and oxygen atoms in total. The van der Waals surface area contributed by atoms with Crippen LogP contribution in [-0.2, 0) is 0 Å². The quantitative estimate of drug-likeness (QED) is 0.584. The first-order valence-electron chi connectivity index (χ1n) is 7.70. The van der Waals surface area contributed by atoms with Gasteiger partial charge in [0, 0.05) is 18.3 Å². The number of benzene rings is 2. The standard InChI is InChI=1S/C18H15Cl2N5O/c1-21-16-15(24-17(26)11-5-3-2-4-6-11)10-22-18(25-16)23-12-7-8-13(19)14(20)9-12/h2-10H,1H3,(H,24,26)(H2,21,22,23,25). The fraction of sp³-hybridized carbons (Fsp3) is 0.0556. The first kappa shape index (κ1) is 18.0. The number of rotatable bonds is 5. The Labute approximate surface area is 160 Å². The Morgan fingerprint density at radius 1 is 1.04 bits per heavy atom. The molecule has 3 aromatic rings. The smallest absolute Gasteiger partial charge is 0.255 e. The van der Waals surface area contributed by atoms with E-state index in [1.54, 1.807) is 49.5 Å². The zero-order chi connectivity index (χ0) is 18.5. The van der Waals surface area contributed by atoms with E-state index in [0.717, 1.165) is 0 Å². The highest BCUT2D eigenvalue weighted by Gasteiger charge is 2.11. The summed E-state index contributed by atoms with van der Waals surface area (Å²) in [5.41, 5.74) is 1.72. The molecule has 1 amide bonds. The summed E-state index contributed by atoms with van der Waals surface area (Å²) in [6, 6.07) is 14.0. The van der Waals surface area contributed by atoms with Crippen LogP contribution in [0.5, 0.6) is 0 Å². The van der Waals surface area contributed by atoms with Crippen molar-refractivity contribution in [3.63, 3.8) is 0 Å². The van der Waals surface area contributed by atoms with E-state index in [9.17, 15) is 4.79 Å². The summed E-state index contributed by atoms with van der Waals surface area (Å²) >= 11 is 11.9. The number of nitrogens with zero attached hydrogens (tertiary/aromatic N) is 2. The Balaban J connectivity index is 1.79. The lowest BCUT2D eigenvalue weighted by molar-refractivity contribution is 0.102. The van der Waals surface area contributed by atoms with Crippen LogP contribution < -0.4 is 16.0 Å². The molecule has 3 N–H and O–H groups in total. The zero-order valence-corrected chi connectivity index (χ0v) is 15.3. The topological polar surface area (TPSA) is 78.9 Å². The van der Waals surface area contributed by atoms with Crippen LogP contribution in [0.4, 0.5) is 23.1 Å². The Kier molecular flexibility index (Phi) is 5.55. The lowest BCUT2D eigenvalue weighted by atomic mass is 10.2. The van der Waals surface area contributed by atoms with Crippen molar-refractivity contribution < 1.29 is 4.79 Å². The first-order valence-corrected chi connectivity index (χ1v) is 8.45. The van der Waals surface area contributed by atoms with Crippen molar-refractivity contribution in [1.29, 1.82) is 0 Å². The van der Waals surface area contributed by atoms with Crippen LogP contribution >= 0.6 is 23.2 Å². The maximum absolute atomic E-state index is 12.3. The van der Waals surface area contributed by atoms with Gasteiger partial charge in [0.1, 0.15) is 5.69 Å². The molecular formula is C18H15Cl2N5O. The molecule has 0 radical (unpaired) electrons. The average molecular weight is 388 g/mol. The van der Waals surface area contributed by atoms with Gasteiger partial charge in [-0.15, -0.1) is 0 Å². The SMILES string of the molecule is CNc1nc(Nc2ccc(Cl)c(Cl)c2)ncc1NC(=O)c1ccccc1. The predicted molar refractivity (Wildman–Crippen MR) is 106 cm³/mol. The molecule has 8 heteroatoms. The summed E-state index contributed by atoms with van der Waals surface area (Å²) < 4.78 is 0. The van der Waals surface area contributed by atoms with E-state index in [1.165, 1.54) is 6.20 Å². The van der Waals surface area contributed by atoms with E-state index in [2.05, 4.69) is 25.9 Å². The summed E-state index contributed by atoms with van der Waals surface area (Å²) in [4.78, 5) is 20.9. The van der Waals surface area contributed by atoms with Gasteiger partial charge in [0.05, 0.1) is 16.2 Å². The van der Waals surface area contributed by atoms with Gasteiger partial charge in [-0.25, -0.2) is 4.98 Å². The van der Waals surface area contributed by atoms with Gasteiger partial charge < -0.3 is 16.0 Å². The molecule has 1 heterocycles. The Hall–Kier alpha value is -2.83. The summed E-state index contributed by atoms with van der Waals surface area (Å²) in [5, 5.41) is 9.67. The van der Waals surface area contributed by atoms with Crippen LogP contribution in [0.3, 0.4) is 0 Å². The fourth-order valence-corrected chi connectivity index (χ4v) is 2.51. The number of hydrogen-bond donors (Lipinski definition) is 3. The van der Waals surface area contributed by atoms with Crippen molar-refractivity contribution in [3.8, 4) is 0 Å². The second kappa shape index (κ2) is 8.03. The normalized spacial score (nSPS) is 10.3. The second-order valence-corrected chi connectivity index (χ2v) is 6.09. The van der Waals surface area contributed by atoms with Crippen LogP contribution in [0.1, 0.15) is 10.4 Å². The molecule has 0 spiro atoms. The molecular weight excluding hydrogens is 373 g/mol. The molecule has 0 aliphatic carbocycles. The fourth-order valence-electron chi connectivity index (χ4n) is 2.21. The van der Waals surface area contributed by atoms with Gasteiger partial charge in [0.2, 0.25) is 5.95 Å². The van der Waals surface area contributed by atoms with E-state index in [-0.39, 0.29) is 5.91 Å². The Morgan fingerprint density at radius 3 is 2.50 bits per heavy atom. The molecule has 0 fully saturated rings. The van der Waals surface area contributed by atoms with Crippen molar-refractivity contribution >= 4 is 52.3 Å². The summed E-state index contributed by atoms with van der Waals surface area (Å²) in [6.07, 6.45) is 1.53. The molecule has 1 aromatic heterocycles. The van der Waals surface area contributed by atoms with E-state index in [0.29, 0.717) is 38.7 Å². The number of aromatic nitrogens is 2. The van der Waals surface area contributed by atoms with Crippen LogP contribution in [0.25, 0.3) is 0 Å². The molecule has 2 aromatic carbocycles. The predicted octanol–water partition coefficient (Wildman–Crippen LogP) is 4.82. The van der Waals surface area contributed by atoms with Crippen LogP contribution in [0, 0.1) is 0 Å². The molecule has 0 aliphatic heterocycles. The monoisotopic (exact) mass is 387 g/mol. The second-order valence-electron chi connectivity index (χ2n) is 5.28. The highest BCUT2D eigenvalue weighted by Crippen LogP contribution is 2.27. The van der Waals surface area contributed by atoms with Gasteiger partial charge in [-0.2, -0.15) is 4.98 Å². The summed E-state index contributed by atoms with van der Waals surface area (Å²) in [6.45, 7) is 0. The number of amides is 1. The molecule has 0 aliphatic rings. The van der Waals surface area contributed by atoms with E-state index < -0.39 is 0 Å². The Bertz CT molecular complexity index is 934. The number of carbonyl (C=O) groups excluding carboxylic acids is 1. The largest absolute Gasteiger partial charge is 0.371 e. The highest BCUT2D eigenvalue weighted by atomic mass is 35.5. The molecule has 3 rings (SSSR count). The van der Waals surface area contributed by atoms with Gasteiger partial charge in [0.25, 0.3) is 5.91 Å². The van der Waals surface area contributed by atoms with E-state index >= 15 is 0 Å². The van der Waals surface area contributed by atoms with Crippen molar-refractivity contribution in [2.24, 2.45) is 0 Å². The third kappa shape index (κ3) is 4.22. The van der Waals surface area contributed by atoms with Gasteiger partial charge >= 0.3 is 0 Å².